The average Bonchev–Trinajstić information content (AvgIpc) is 2.57. The number of nitrogen functional groups attached to an aromatic ring is 1. The average molecular weight is 273 g/mol. The number of fused-ring (bicyclic) bond motifs is 2. The normalized spacial score (nSPS) is 22.9. The molecule has 2 N–H and O–H groups in total. The maximum absolute atomic E-state index is 12.2. The van der Waals surface area contributed by atoms with Gasteiger partial charge in [-0.05, 0) is 32.8 Å². The van der Waals surface area contributed by atoms with Crippen LogP contribution in [0.4, 0.5) is 11.5 Å². The molecular weight excluding hydrogens is 250 g/mol. The molecule has 3 rings (SSSR count). The predicted octanol–water partition coefficient (Wildman–Crippen LogP) is 3.01. The SMILES string of the molecule is CC(=O)N1c2ncc(N)cc2C2(CCCCC2)C1(C)C. The number of hydrogen-bond acceptors (Lipinski definition) is 3. The van der Waals surface area contributed by atoms with Crippen LogP contribution < -0.4 is 10.6 Å². The highest BCUT2D eigenvalue weighted by atomic mass is 16.2. The lowest BCUT2D eigenvalue weighted by molar-refractivity contribution is -0.118. The number of anilines is 2. The highest BCUT2D eigenvalue weighted by Gasteiger charge is 2.58. The van der Waals surface area contributed by atoms with Crippen molar-refractivity contribution in [3.05, 3.63) is 17.8 Å². The molecule has 2 heterocycles. The topological polar surface area (TPSA) is 59.2 Å². The number of rotatable bonds is 0. The molecule has 2 aliphatic rings. The summed E-state index contributed by atoms with van der Waals surface area (Å²) in [5.74, 6) is 0.884. The molecule has 1 amide bonds. The Bertz CT molecular complexity index is 559. The van der Waals surface area contributed by atoms with E-state index in [1.807, 2.05) is 11.0 Å². The molecule has 108 valence electrons. The highest BCUT2D eigenvalue weighted by Crippen LogP contribution is 2.57. The number of amides is 1. The summed E-state index contributed by atoms with van der Waals surface area (Å²) >= 11 is 0. The maximum Gasteiger partial charge on any atom is 0.225 e. The number of nitrogens with zero attached hydrogens (tertiary/aromatic N) is 2. The van der Waals surface area contributed by atoms with Crippen molar-refractivity contribution in [1.29, 1.82) is 0 Å². The summed E-state index contributed by atoms with van der Waals surface area (Å²) in [6, 6.07) is 2.04. The number of aromatic nitrogens is 1. The van der Waals surface area contributed by atoms with Gasteiger partial charge in [0.05, 0.1) is 17.4 Å². The first-order chi connectivity index (χ1) is 9.40. The fraction of sp³-hybridized carbons (Fsp3) is 0.625. The van der Waals surface area contributed by atoms with Crippen LogP contribution in [0, 0.1) is 0 Å². The molecule has 0 unspecified atom stereocenters. The van der Waals surface area contributed by atoms with Crippen LogP contribution in [0.3, 0.4) is 0 Å². The minimum absolute atomic E-state index is 0.00856. The number of carbonyl (C=O) groups is 1. The van der Waals surface area contributed by atoms with Crippen molar-refractivity contribution in [1.82, 2.24) is 4.98 Å². The van der Waals surface area contributed by atoms with E-state index in [1.54, 1.807) is 13.1 Å². The summed E-state index contributed by atoms with van der Waals surface area (Å²) in [7, 11) is 0. The second kappa shape index (κ2) is 4.21. The van der Waals surface area contributed by atoms with Gasteiger partial charge < -0.3 is 5.73 Å². The van der Waals surface area contributed by atoms with Gasteiger partial charge in [0.2, 0.25) is 5.91 Å². The van der Waals surface area contributed by atoms with Gasteiger partial charge in [-0.3, -0.25) is 9.69 Å². The zero-order valence-electron chi connectivity index (χ0n) is 12.6. The Morgan fingerprint density at radius 1 is 1.30 bits per heavy atom. The van der Waals surface area contributed by atoms with E-state index < -0.39 is 0 Å². The lowest BCUT2D eigenvalue weighted by atomic mass is 9.61. The minimum atomic E-state index is -0.234. The third kappa shape index (κ3) is 1.54. The van der Waals surface area contributed by atoms with Crippen LogP contribution in [0.5, 0.6) is 0 Å². The molecule has 0 saturated heterocycles. The van der Waals surface area contributed by atoms with E-state index in [-0.39, 0.29) is 16.9 Å². The smallest absolute Gasteiger partial charge is 0.225 e. The molecule has 0 aromatic carbocycles. The summed E-state index contributed by atoms with van der Waals surface area (Å²) < 4.78 is 0. The highest BCUT2D eigenvalue weighted by molar-refractivity contribution is 5.95. The fourth-order valence-corrected chi connectivity index (χ4v) is 4.39. The van der Waals surface area contributed by atoms with Crippen LogP contribution >= 0.6 is 0 Å². The maximum atomic E-state index is 12.2. The monoisotopic (exact) mass is 273 g/mol. The lowest BCUT2D eigenvalue weighted by Crippen LogP contribution is -2.56. The summed E-state index contributed by atoms with van der Waals surface area (Å²) in [6.07, 6.45) is 7.59. The summed E-state index contributed by atoms with van der Waals surface area (Å²) in [6.45, 7) is 5.99. The van der Waals surface area contributed by atoms with Crippen molar-refractivity contribution in [2.45, 2.75) is 63.8 Å². The minimum Gasteiger partial charge on any atom is -0.397 e. The second-order valence-electron chi connectivity index (χ2n) is 6.70. The lowest BCUT2D eigenvalue weighted by Gasteiger charge is -2.47. The van der Waals surface area contributed by atoms with E-state index in [4.69, 9.17) is 5.73 Å². The molecule has 0 atom stereocenters. The molecule has 0 bridgehead atoms. The molecule has 1 aliphatic carbocycles. The molecule has 1 aromatic heterocycles. The quantitative estimate of drug-likeness (QED) is 0.790. The van der Waals surface area contributed by atoms with Gasteiger partial charge >= 0.3 is 0 Å². The Kier molecular flexibility index (Phi) is 2.82. The molecule has 1 aromatic rings. The van der Waals surface area contributed by atoms with Crippen molar-refractivity contribution >= 4 is 17.4 Å². The third-order valence-electron chi connectivity index (χ3n) is 5.37. The zero-order valence-corrected chi connectivity index (χ0v) is 12.6. The van der Waals surface area contributed by atoms with Gasteiger partial charge in [0.25, 0.3) is 0 Å². The standard InChI is InChI=1S/C16H23N3O/c1-11(20)19-14-13(9-12(17)10-18-14)16(15(19,2)3)7-5-4-6-8-16/h9-10H,4-8,17H2,1-3H3. The zero-order chi connectivity index (χ0) is 14.5. The molecular formula is C16H23N3O. The molecule has 1 fully saturated rings. The van der Waals surface area contributed by atoms with Crippen LogP contribution in [0.2, 0.25) is 0 Å². The van der Waals surface area contributed by atoms with E-state index >= 15 is 0 Å². The largest absolute Gasteiger partial charge is 0.397 e. The van der Waals surface area contributed by atoms with Crippen molar-refractivity contribution in [2.24, 2.45) is 0 Å². The summed E-state index contributed by atoms with van der Waals surface area (Å²) in [4.78, 5) is 18.6. The summed E-state index contributed by atoms with van der Waals surface area (Å²) in [5, 5.41) is 0. The first-order valence-electron chi connectivity index (χ1n) is 7.47. The van der Waals surface area contributed by atoms with E-state index in [1.165, 1.54) is 24.8 Å². The Labute approximate surface area is 120 Å². The van der Waals surface area contributed by atoms with Gasteiger partial charge in [0.1, 0.15) is 5.82 Å². The van der Waals surface area contributed by atoms with Gasteiger partial charge in [0, 0.05) is 17.9 Å². The van der Waals surface area contributed by atoms with Crippen LogP contribution in [0.25, 0.3) is 0 Å². The molecule has 1 saturated carbocycles. The molecule has 1 spiro atoms. The Balaban J connectivity index is 2.25. The molecule has 0 radical (unpaired) electrons. The van der Waals surface area contributed by atoms with Crippen molar-refractivity contribution in [3.63, 3.8) is 0 Å². The Hall–Kier alpha value is -1.58. The van der Waals surface area contributed by atoms with Crippen LogP contribution in [-0.4, -0.2) is 16.4 Å². The van der Waals surface area contributed by atoms with E-state index in [0.717, 1.165) is 18.7 Å². The first-order valence-corrected chi connectivity index (χ1v) is 7.47. The Morgan fingerprint density at radius 3 is 2.55 bits per heavy atom. The van der Waals surface area contributed by atoms with E-state index in [0.29, 0.717) is 5.69 Å². The summed E-state index contributed by atoms with van der Waals surface area (Å²) in [5.41, 5.74) is 7.61. The van der Waals surface area contributed by atoms with Gasteiger partial charge in [-0.2, -0.15) is 0 Å². The van der Waals surface area contributed by atoms with Crippen molar-refractivity contribution in [3.8, 4) is 0 Å². The fourth-order valence-electron chi connectivity index (χ4n) is 4.39. The van der Waals surface area contributed by atoms with Crippen molar-refractivity contribution < 1.29 is 4.79 Å². The number of carbonyl (C=O) groups excluding carboxylic acids is 1. The first kappa shape index (κ1) is 13.4. The van der Waals surface area contributed by atoms with Gasteiger partial charge in [0.15, 0.2) is 0 Å². The third-order valence-corrected chi connectivity index (χ3v) is 5.37. The Morgan fingerprint density at radius 2 is 1.95 bits per heavy atom. The van der Waals surface area contributed by atoms with Crippen LogP contribution in [0.1, 0.15) is 58.4 Å². The van der Waals surface area contributed by atoms with Crippen molar-refractivity contribution in [2.75, 3.05) is 10.6 Å². The number of pyridine rings is 1. The van der Waals surface area contributed by atoms with E-state index in [2.05, 4.69) is 18.8 Å². The molecule has 20 heavy (non-hydrogen) atoms. The molecule has 4 nitrogen and oxygen atoms in total. The van der Waals surface area contributed by atoms with Gasteiger partial charge in [-0.15, -0.1) is 0 Å². The van der Waals surface area contributed by atoms with E-state index in [9.17, 15) is 4.79 Å². The molecule has 1 aliphatic heterocycles. The van der Waals surface area contributed by atoms with Crippen LogP contribution in [-0.2, 0) is 10.2 Å². The van der Waals surface area contributed by atoms with Gasteiger partial charge in [-0.25, -0.2) is 4.98 Å². The predicted molar refractivity (Wildman–Crippen MR) is 80.7 cm³/mol. The van der Waals surface area contributed by atoms with Crippen LogP contribution in [0.15, 0.2) is 12.3 Å². The number of hydrogen-bond donors (Lipinski definition) is 1. The second-order valence-corrected chi connectivity index (χ2v) is 6.70. The number of nitrogens with two attached hydrogens (primary N) is 1. The molecule has 4 heteroatoms. The van der Waals surface area contributed by atoms with Gasteiger partial charge in [-0.1, -0.05) is 19.3 Å².